The van der Waals surface area contributed by atoms with Crippen LogP contribution in [0.3, 0.4) is 0 Å². The number of pyridine rings is 1. The smallest absolute Gasteiger partial charge is 0.410 e. The van der Waals surface area contributed by atoms with Crippen LogP contribution in [0.1, 0.15) is 41.9 Å². The van der Waals surface area contributed by atoms with Crippen LogP contribution >= 0.6 is 0 Å². The minimum absolute atomic E-state index is 0. The van der Waals surface area contributed by atoms with Crippen LogP contribution in [-0.2, 0) is 17.9 Å². The summed E-state index contributed by atoms with van der Waals surface area (Å²) in [6, 6.07) is 13.2. The lowest BCUT2D eigenvalue weighted by Crippen LogP contribution is -2.41. The number of benzene rings is 1. The maximum absolute atomic E-state index is 12.4. The van der Waals surface area contributed by atoms with Gasteiger partial charge in [-0.05, 0) is 43.5 Å². The zero-order valence-electron chi connectivity index (χ0n) is 16.8. The van der Waals surface area contributed by atoms with E-state index >= 15 is 0 Å². The summed E-state index contributed by atoms with van der Waals surface area (Å²) < 4.78 is 5.40. The van der Waals surface area contributed by atoms with Crippen LogP contribution in [-0.4, -0.2) is 48.6 Å². The van der Waals surface area contributed by atoms with Gasteiger partial charge in [-0.25, -0.2) is 4.79 Å². The van der Waals surface area contributed by atoms with E-state index in [4.69, 9.17) is 4.74 Å². The molecular weight excluding hydrogens is 380 g/mol. The maximum Gasteiger partial charge on any atom is 0.410 e. The van der Waals surface area contributed by atoms with Crippen LogP contribution in [0.25, 0.3) is 0 Å². The van der Waals surface area contributed by atoms with Crippen molar-refractivity contribution in [2.45, 2.75) is 33.4 Å². The Morgan fingerprint density at radius 3 is 2.60 bits per heavy atom. The van der Waals surface area contributed by atoms with Gasteiger partial charge in [-0.3, -0.25) is 9.78 Å². The van der Waals surface area contributed by atoms with E-state index in [1.54, 1.807) is 23.2 Å². The molecule has 2 aromatic rings. The van der Waals surface area contributed by atoms with Crippen molar-refractivity contribution < 1.29 is 14.3 Å². The Morgan fingerprint density at radius 1 is 1.17 bits per heavy atom. The number of aromatic nitrogens is 1. The first-order valence-electron chi connectivity index (χ1n) is 9.99. The number of nitrogens with one attached hydrogen (secondary N) is 2. The van der Waals surface area contributed by atoms with Gasteiger partial charge in [-0.1, -0.05) is 37.8 Å². The summed E-state index contributed by atoms with van der Waals surface area (Å²) in [6.45, 7) is 2.82. The van der Waals surface area contributed by atoms with Crippen LogP contribution in [0.2, 0.25) is 0 Å². The van der Waals surface area contributed by atoms with Crippen LogP contribution in [0.15, 0.2) is 48.7 Å². The Labute approximate surface area is 178 Å². The van der Waals surface area contributed by atoms with Crippen LogP contribution in [0, 0.1) is 5.92 Å². The fraction of sp³-hybridized carbons (Fsp3) is 0.435. The number of piperidine rings is 1. The van der Waals surface area contributed by atoms with Crippen LogP contribution < -0.4 is 10.6 Å². The summed E-state index contributed by atoms with van der Waals surface area (Å²) in [5.74, 6) is 0.269. The molecule has 1 aliphatic heterocycles. The van der Waals surface area contributed by atoms with Gasteiger partial charge in [-0.2, -0.15) is 0 Å². The number of amides is 2. The minimum atomic E-state index is -0.273. The molecule has 0 atom stereocenters. The van der Waals surface area contributed by atoms with Gasteiger partial charge < -0.3 is 20.3 Å². The third-order valence-electron chi connectivity index (χ3n) is 5.07. The molecule has 0 saturated carbocycles. The Balaban J connectivity index is 0.00000320. The first-order chi connectivity index (χ1) is 14.2. The summed E-state index contributed by atoms with van der Waals surface area (Å²) in [5, 5.41) is 6.04. The van der Waals surface area contributed by atoms with Gasteiger partial charge in [0.25, 0.3) is 5.91 Å². The Morgan fingerprint density at radius 2 is 1.90 bits per heavy atom. The van der Waals surface area contributed by atoms with E-state index in [1.807, 2.05) is 37.4 Å². The molecule has 1 aliphatic rings. The monoisotopic (exact) mass is 412 g/mol. The van der Waals surface area contributed by atoms with Gasteiger partial charge in [0.2, 0.25) is 0 Å². The van der Waals surface area contributed by atoms with E-state index < -0.39 is 0 Å². The predicted octanol–water partition coefficient (Wildman–Crippen LogP) is 3.22. The molecule has 2 heterocycles. The first kappa shape index (κ1) is 23.3. The summed E-state index contributed by atoms with van der Waals surface area (Å²) in [7, 11) is 1.85. The van der Waals surface area contributed by atoms with E-state index in [9.17, 15) is 9.59 Å². The van der Waals surface area contributed by atoms with Gasteiger partial charge in [0.05, 0.1) is 5.69 Å². The number of likely N-dealkylation sites (tertiary alicyclic amines) is 1. The lowest BCUT2D eigenvalue weighted by atomic mass is 9.97. The number of carbonyl (C=O) groups is 2. The van der Waals surface area contributed by atoms with Crippen molar-refractivity contribution in [2.24, 2.45) is 5.92 Å². The molecule has 30 heavy (non-hydrogen) atoms. The highest BCUT2D eigenvalue weighted by Crippen LogP contribution is 2.18. The highest BCUT2D eigenvalue weighted by atomic mass is 16.6. The highest BCUT2D eigenvalue weighted by Gasteiger charge is 2.24. The van der Waals surface area contributed by atoms with Crippen molar-refractivity contribution in [1.29, 1.82) is 0 Å². The van der Waals surface area contributed by atoms with Crippen molar-refractivity contribution in [1.82, 2.24) is 20.5 Å². The van der Waals surface area contributed by atoms with Crippen LogP contribution in [0.5, 0.6) is 0 Å². The SMILES string of the molecule is C.CNCc1cc(C(=O)NCC2CCN(C(=O)OCc3ccccc3)CC2)ccn1. The average molecular weight is 413 g/mol. The van der Waals surface area contributed by atoms with Crippen LogP contribution in [0.4, 0.5) is 4.79 Å². The number of rotatable bonds is 7. The lowest BCUT2D eigenvalue weighted by molar-refractivity contribution is 0.0800. The zero-order chi connectivity index (χ0) is 20.5. The molecule has 1 aromatic carbocycles. The Bertz CT molecular complexity index is 805. The van der Waals surface area contributed by atoms with E-state index in [1.165, 1.54) is 0 Å². The largest absolute Gasteiger partial charge is 0.445 e. The van der Waals surface area contributed by atoms with E-state index in [-0.39, 0.29) is 26.0 Å². The van der Waals surface area contributed by atoms with Gasteiger partial charge in [-0.15, -0.1) is 0 Å². The van der Waals surface area contributed by atoms with Crippen molar-refractivity contribution in [3.05, 3.63) is 65.5 Å². The molecule has 1 aromatic heterocycles. The molecule has 0 unspecified atom stereocenters. The second-order valence-corrected chi connectivity index (χ2v) is 7.25. The number of carbonyl (C=O) groups excluding carboxylic acids is 2. The molecular formula is C23H32N4O3. The fourth-order valence-electron chi connectivity index (χ4n) is 3.37. The standard InChI is InChI=1S/C22H28N4O3.CH4/c1-23-15-20-13-19(7-10-24-20)21(27)25-14-17-8-11-26(12-9-17)22(28)29-16-18-5-3-2-4-6-18;/h2-7,10,13,17,23H,8-9,11-12,14-16H2,1H3,(H,25,27);1H4. The second-order valence-electron chi connectivity index (χ2n) is 7.25. The zero-order valence-corrected chi connectivity index (χ0v) is 16.8. The molecule has 3 rings (SSSR count). The molecule has 1 saturated heterocycles. The third-order valence-corrected chi connectivity index (χ3v) is 5.07. The predicted molar refractivity (Wildman–Crippen MR) is 117 cm³/mol. The third kappa shape index (κ3) is 6.84. The van der Waals surface area contributed by atoms with Gasteiger partial charge in [0.1, 0.15) is 6.61 Å². The van der Waals surface area contributed by atoms with E-state index in [0.717, 1.165) is 24.1 Å². The molecule has 162 valence electrons. The average Bonchev–Trinajstić information content (AvgIpc) is 2.77. The molecule has 7 nitrogen and oxygen atoms in total. The van der Waals surface area contributed by atoms with Crippen molar-refractivity contribution in [3.63, 3.8) is 0 Å². The van der Waals surface area contributed by atoms with Gasteiger partial charge in [0.15, 0.2) is 0 Å². The molecule has 1 fully saturated rings. The Kier molecular flexibility index (Phi) is 9.28. The van der Waals surface area contributed by atoms with Crippen molar-refractivity contribution in [3.8, 4) is 0 Å². The second kappa shape index (κ2) is 11.9. The fourth-order valence-corrected chi connectivity index (χ4v) is 3.37. The molecule has 0 spiro atoms. The number of ether oxygens (including phenoxy) is 1. The summed E-state index contributed by atoms with van der Waals surface area (Å²) in [5.41, 5.74) is 2.43. The summed E-state index contributed by atoms with van der Waals surface area (Å²) >= 11 is 0. The molecule has 2 amide bonds. The lowest BCUT2D eigenvalue weighted by Gasteiger charge is -2.31. The van der Waals surface area contributed by atoms with E-state index in [0.29, 0.717) is 37.7 Å². The van der Waals surface area contributed by atoms with E-state index in [2.05, 4.69) is 15.6 Å². The normalized spacial score (nSPS) is 14.0. The van der Waals surface area contributed by atoms with Gasteiger partial charge in [0, 0.05) is 37.9 Å². The summed E-state index contributed by atoms with van der Waals surface area (Å²) in [4.78, 5) is 30.6. The summed E-state index contributed by atoms with van der Waals surface area (Å²) in [6.07, 6.45) is 3.08. The molecule has 2 N–H and O–H groups in total. The molecule has 0 radical (unpaired) electrons. The maximum atomic E-state index is 12.4. The quantitative estimate of drug-likeness (QED) is 0.730. The number of hydrogen-bond acceptors (Lipinski definition) is 5. The molecule has 7 heteroatoms. The van der Waals surface area contributed by atoms with Gasteiger partial charge >= 0.3 is 6.09 Å². The number of nitrogens with zero attached hydrogens (tertiary/aromatic N) is 2. The van der Waals surface area contributed by atoms with Crippen molar-refractivity contribution >= 4 is 12.0 Å². The molecule has 0 bridgehead atoms. The molecule has 0 aliphatic carbocycles. The Hall–Kier alpha value is -2.93. The van der Waals surface area contributed by atoms with Crippen molar-refractivity contribution in [2.75, 3.05) is 26.7 Å². The highest BCUT2D eigenvalue weighted by molar-refractivity contribution is 5.94. The number of hydrogen-bond donors (Lipinski definition) is 2. The minimum Gasteiger partial charge on any atom is -0.445 e. The first-order valence-corrected chi connectivity index (χ1v) is 9.99. The topological polar surface area (TPSA) is 83.6 Å².